The van der Waals surface area contributed by atoms with E-state index in [-0.39, 0.29) is 27.3 Å². The van der Waals surface area contributed by atoms with E-state index in [0.717, 1.165) is 19.3 Å². The molecule has 0 bridgehead atoms. The summed E-state index contributed by atoms with van der Waals surface area (Å²) in [6.07, 6.45) is 6.69. The highest BCUT2D eigenvalue weighted by atomic mass is 35.5. The highest BCUT2D eigenvalue weighted by Crippen LogP contribution is 2.32. The highest BCUT2D eigenvalue weighted by Gasteiger charge is 2.17. The van der Waals surface area contributed by atoms with Crippen LogP contribution in [0.15, 0.2) is 24.3 Å². The lowest BCUT2D eigenvalue weighted by molar-refractivity contribution is 0.0697. The van der Waals surface area contributed by atoms with E-state index in [9.17, 15) is 9.59 Å². The van der Waals surface area contributed by atoms with E-state index in [1.165, 1.54) is 12.1 Å². The number of nitrogens with one attached hydrogen (secondary N) is 2. The third-order valence-electron chi connectivity index (χ3n) is 3.13. The average Bonchev–Trinajstić information content (AvgIpc) is 2.43. The molecular formula is C14H14Cl2N2O3. The maximum Gasteiger partial charge on any atom is 0.335 e. The van der Waals surface area contributed by atoms with Gasteiger partial charge < -0.3 is 15.7 Å². The Kier molecular flexibility index (Phi) is 5.09. The minimum atomic E-state index is -1.14. The van der Waals surface area contributed by atoms with Crippen molar-refractivity contribution in [3.05, 3.63) is 39.9 Å². The Labute approximate surface area is 131 Å². The van der Waals surface area contributed by atoms with Gasteiger partial charge in [0.15, 0.2) is 0 Å². The number of allylic oxidation sites excluding steroid dienone is 1. The molecule has 112 valence electrons. The Morgan fingerprint density at radius 2 is 1.86 bits per heavy atom. The van der Waals surface area contributed by atoms with E-state index >= 15 is 0 Å². The van der Waals surface area contributed by atoms with Crippen LogP contribution in [0.5, 0.6) is 0 Å². The number of hydrogen-bond acceptors (Lipinski definition) is 2. The zero-order valence-electron chi connectivity index (χ0n) is 11.0. The Hall–Kier alpha value is -1.72. The number of carboxylic acids is 1. The molecule has 0 aliphatic heterocycles. The predicted octanol–water partition coefficient (Wildman–Crippen LogP) is 3.92. The number of halogens is 2. The van der Waals surface area contributed by atoms with Crippen molar-refractivity contribution in [1.29, 1.82) is 0 Å². The minimum Gasteiger partial charge on any atom is -0.478 e. The topological polar surface area (TPSA) is 78.4 Å². The predicted molar refractivity (Wildman–Crippen MR) is 82.4 cm³/mol. The Balaban J connectivity index is 2.06. The number of carbonyl (C=O) groups is 2. The third kappa shape index (κ3) is 4.12. The van der Waals surface area contributed by atoms with Crippen LogP contribution in [0, 0.1) is 0 Å². The van der Waals surface area contributed by atoms with Gasteiger partial charge in [0.05, 0.1) is 21.3 Å². The SMILES string of the molecule is O=C(Nc1c(Cl)cc(C(=O)O)cc1Cl)NC1CC=CCC1. The molecule has 1 unspecified atom stereocenters. The number of amides is 2. The van der Waals surface area contributed by atoms with Crippen molar-refractivity contribution in [3.8, 4) is 0 Å². The van der Waals surface area contributed by atoms with Crippen LogP contribution in [0.3, 0.4) is 0 Å². The van der Waals surface area contributed by atoms with Crippen LogP contribution in [0.4, 0.5) is 10.5 Å². The third-order valence-corrected chi connectivity index (χ3v) is 3.73. The molecule has 1 aliphatic carbocycles. The van der Waals surface area contributed by atoms with E-state index in [2.05, 4.69) is 16.7 Å². The second kappa shape index (κ2) is 6.83. The molecule has 2 amide bonds. The summed E-state index contributed by atoms with van der Waals surface area (Å²) >= 11 is 11.9. The number of rotatable bonds is 3. The Morgan fingerprint density at radius 1 is 1.19 bits per heavy atom. The quantitative estimate of drug-likeness (QED) is 0.736. The summed E-state index contributed by atoms with van der Waals surface area (Å²) in [4.78, 5) is 22.8. The number of carboxylic acid groups (broad SMARTS) is 1. The lowest BCUT2D eigenvalue weighted by Crippen LogP contribution is -2.38. The minimum absolute atomic E-state index is 0.0339. The smallest absolute Gasteiger partial charge is 0.335 e. The van der Waals surface area contributed by atoms with E-state index in [0.29, 0.717) is 0 Å². The maximum absolute atomic E-state index is 11.9. The van der Waals surface area contributed by atoms with Gasteiger partial charge in [-0.2, -0.15) is 0 Å². The molecule has 2 rings (SSSR count). The summed E-state index contributed by atoms with van der Waals surface area (Å²) in [6, 6.07) is 2.15. The zero-order valence-corrected chi connectivity index (χ0v) is 12.5. The van der Waals surface area contributed by atoms with Crippen molar-refractivity contribution in [2.45, 2.75) is 25.3 Å². The van der Waals surface area contributed by atoms with E-state index in [1.807, 2.05) is 6.08 Å². The van der Waals surface area contributed by atoms with Crippen molar-refractivity contribution in [2.24, 2.45) is 0 Å². The summed E-state index contributed by atoms with van der Waals surface area (Å²) in [6.45, 7) is 0. The first-order valence-electron chi connectivity index (χ1n) is 6.42. The van der Waals surface area contributed by atoms with E-state index in [4.69, 9.17) is 28.3 Å². The zero-order chi connectivity index (χ0) is 15.4. The Bertz CT molecular complexity index is 579. The first kappa shape index (κ1) is 15.7. The van der Waals surface area contributed by atoms with Gasteiger partial charge in [-0.3, -0.25) is 0 Å². The fraction of sp³-hybridized carbons (Fsp3) is 0.286. The molecule has 0 heterocycles. The molecule has 0 spiro atoms. The normalized spacial score (nSPS) is 17.3. The summed E-state index contributed by atoms with van der Waals surface area (Å²) in [5.74, 6) is -1.14. The fourth-order valence-electron chi connectivity index (χ4n) is 2.08. The van der Waals surface area contributed by atoms with Crippen LogP contribution < -0.4 is 10.6 Å². The maximum atomic E-state index is 11.9. The molecule has 1 atom stereocenters. The fourth-order valence-corrected chi connectivity index (χ4v) is 2.66. The summed E-state index contributed by atoms with van der Waals surface area (Å²) < 4.78 is 0. The number of anilines is 1. The lowest BCUT2D eigenvalue weighted by Gasteiger charge is -2.20. The van der Waals surface area contributed by atoms with Gasteiger partial charge in [-0.25, -0.2) is 9.59 Å². The summed E-state index contributed by atoms with van der Waals surface area (Å²) in [5, 5.41) is 14.4. The van der Waals surface area contributed by atoms with Crippen LogP contribution >= 0.6 is 23.2 Å². The van der Waals surface area contributed by atoms with Gasteiger partial charge in [-0.05, 0) is 31.4 Å². The average molecular weight is 329 g/mol. The molecule has 0 fully saturated rings. The van der Waals surface area contributed by atoms with Crippen molar-refractivity contribution >= 4 is 40.9 Å². The number of carbonyl (C=O) groups excluding carboxylic acids is 1. The van der Waals surface area contributed by atoms with Gasteiger partial charge in [-0.15, -0.1) is 0 Å². The standard InChI is InChI=1S/C14H14Cl2N2O3/c15-10-6-8(13(19)20)7-11(16)12(10)18-14(21)17-9-4-2-1-3-5-9/h1-2,6-7,9H,3-5H2,(H,19,20)(H2,17,18,21). The van der Waals surface area contributed by atoms with Crippen LogP contribution in [-0.2, 0) is 0 Å². The van der Waals surface area contributed by atoms with Crippen molar-refractivity contribution < 1.29 is 14.7 Å². The second-order valence-corrected chi connectivity index (χ2v) is 5.51. The van der Waals surface area contributed by atoms with Gasteiger partial charge in [0, 0.05) is 6.04 Å². The first-order chi connectivity index (χ1) is 9.97. The summed E-state index contributed by atoms with van der Waals surface area (Å²) in [7, 11) is 0. The molecule has 1 aliphatic rings. The molecule has 0 saturated carbocycles. The number of aromatic carboxylic acids is 1. The van der Waals surface area contributed by atoms with Crippen LogP contribution in [-0.4, -0.2) is 23.1 Å². The highest BCUT2D eigenvalue weighted by molar-refractivity contribution is 6.40. The van der Waals surface area contributed by atoms with E-state index < -0.39 is 12.0 Å². The van der Waals surface area contributed by atoms with Gasteiger partial charge in [0.25, 0.3) is 0 Å². The molecule has 1 aromatic rings. The molecule has 0 aromatic heterocycles. The van der Waals surface area contributed by atoms with E-state index in [1.54, 1.807) is 0 Å². The molecule has 3 N–H and O–H groups in total. The van der Waals surface area contributed by atoms with Crippen LogP contribution in [0.25, 0.3) is 0 Å². The van der Waals surface area contributed by atoms with Gasteiger partial charge >= 0.3 is 12.0 Å². The molecule has 0 saturated heterocycles. The van der Waals surface area contributed by atoms with Crippen LogP contribution in [0.2, 0.25) is 10.0 Å². The number of benzene rings is 1. The molecule has 7 heteroatoms. The lowest BCUT2D eigenvalue weighted by atomic mass is 10.0. The second-order valence-electron chi connectivity index (χ2n) is 4.70. The number of hydrogen-bond donors (Lipinski definition) is 3. The Morgan fingerprint density at radius 3 is 2.38 bits per heavy atom. The molecule has 0 radical (unpaired) electrons. The molecule has 21 heavy (non-hydrogen) atoms. The molecular weight excluding hydrogens is 315 g/mol. The molecule has 5 nitrogen and oxygen atoms in total. The van der Waals surface area contributed by atoms with Crippen LogP contribution in [0.1, 0.15) is 29.6 Å². The first-order valence-corrected chi connectivity index (χ1v) is 7.18. The monoisotopic (exact) mass is 328 g/mol. The van der Waals surface area contributed by atoms with Gasteiger partial charge in [0.2, 0.25) is 0 Å². The number of urea groups is 1. The summed E-state index contributed by atoms with van der Waals surface area (Å²) in [5.41, 5.74) is 0.167. The van der Waals surface area contributed by atoms with Gasteiger partial charge in [0.1, 0.15) is 0 Å². The van der Waals surface area contributed by atoms with Gasteiger partial charge in [-0.1, -0.05) is 35.4 Å². The molecule has 1 aromatic carbocycles. The van der Waals surface area contributed by atoms with Crippen molar-refractivity contribution in [2.75, 3.05) is 5.32 Å². The largest absolute Gasteiger partial charge is 0.478 e. The van der Waals surface area contributed by atoms with Crippen molar-refractivity contribution in [3.63, 3.8) is 0 Å². The van der Waals surface area contributed by atoms with Crippen molar-refractivity contribution in [1.82, 2.24) is 5.32 Å².